The summed E-state index contributed by atoms with van der Waals surface area (Å²) in [5, 5.41) is 3.83. The lowest BCUT2D eigenvalue weighted by Gasteiger charge is -1.77. The second-order valence-electron chi connectivity index (χ2n) is 3.33. The van der Waals surface area contributed by atoms with Gasteiger partial charge < -0.3 is 4.99 Å². The minimum Gasteiger partial charge on any atom is -0.301 e. The van der Waals surface area contributed by atoms with E-state index in [2.05, 4.69) is 40.6 Å². The molecule has 0 radical (unpaired) electrons. The maximum absolute atomic E-state index is 3.83. The molecule has 0 saturated heterocycles. The molecule has 0 spiro atoms. The summed E-state index contributed by atoms with van der Waals surface area (Å²) in [5.74, 6) is 0. The van der Waals surface area contributed by atoms with Crippen molar-refractivity contribution in [3.05, 3.63) is 43.2 Å². The molecule has 5 heteroatoms. The van der Waals surface area contributed by atoms with Crippen LogP contribution in [0.15, 0.2) is 48.2 Å². The van der Waals surface area contributed by atoms with Gasteiger partial charge in [0.25, 0.3) is 0 Å². The highest BCUT2D eigenvalue weighted by Gasteiger charge is 1.69. The second-order valence-corrected chi connectivity index (χ2v) is 3.33. The largest absolute Gasteiger partial charge is 0.301 e. The number of hydrogen-bond acceptors (Lipinski definition) is 4. The van der Waals surface area contributed by atoms with Gasteiger partial charge in [0.2, 0.25) is 0 Å². The predicted molar refractivity (Wildman–Crippen MR) is 92.6 cm³/mol. The molecule has 2 rings (SSSR count). The smallest absolute Gasteiger partial charge is 0.115 e. The van der Waals surface area contributed by atoms with Gasteiger partial charge in [0.15, 0.2) is 0 Å². The highest BCUT2D eigenvalue weighted by atomic mass is 15.2. The zero-order valence-electron chi connectivity index (χ0n) is 14.4. The molecule has 0 atom stereocenters. The summed E-state index contributed by atoms with van der Waals surface area (Å²) in [6, 6.07) is 3.67. The van der Waals surface area contributed by atoms with Crippen molar-refractivity contribution in [3.63, 3.8) is 0 Å². The fraction of sp³-hybridized carbons (Fsp3) is 0.500. The van der Waals surface area contributed by atoms with Crippen molar-refractivity contribution in [1.29, 1.82) is 0 Å². The monoisotopic (exact) mass is 293 g/mol. The Bertz CT molecular complexity index is 319. The molecule has 120 valence electrons. The number of aryl methyl sites for hydroxylation is 1. The van der Waals surface area contributed by atoms with Gasteiger partial charge in [-0.2, -0.15) is 5.10 Å². The molecule has 0 fully saturated rings. The van der Waals surface area contributed by atoms with Crippen LogP contribution in [0.2, 0.25) is 0 Å². The molecule has 2 aromatic heterocycles. The van der Waals surface area contributed by atoms with Crippen LogP contribution in [0.4, 0.5) is 0 Å². The van der Waals surface area contributed by atoms with E-state index in [1.807, 2.05) is 40.1 Å². The topological polar surface area (TPSA) is 56.0 Å². The summed E-state index contributed by atoms with van der Waals surface area (Å²) in [4.78, 5) is 10.8. The van der Waals surface area contributed by atoms with E-state index in [1.54, 1.807) is 29.3 Å². The van der Waals surface area contributed by atoms with E-state index < -0.39 is 0 Å². The van der Waals surface area contributed by atoms with E-state index in [-0.39, 0.29) is 0 Å². The molecule has 0 N–H and O–H groups in total. The normalized spacial score (nSPS) is 7.14. The number of nitrogens with zero attached hydrogens (tertiary/aromatic N) is 5. The number of rotatable bonds is 1. The lowest BCUT2D eigenvalue weighted by atomic mass is 10.6. The molecule has 2 aromatic rings. The van der Waals surface area contributed by atoms with Crippen LogP contribution in [0.25, 0.3) is 0 Å². The summed E-state index contributed by atoms with van der Waals surface area (Å²) in [7, 11) is 1.89. The Balaban J connectivity index is -0.000000205. The SMILES string of the molecule is C=NCC.CC.CCC.Cn1cccn1.c1cncnc1. The first-order chi connectivity index (χ1) is 10.2. The molecular weight excluding hydrogens is 262 g/mol. The maximum atomic E-state index is 3.83. The van der Waals surface area contributed by atoms with Crippen molar-refractivity contribution in [1.82, 2.24) is 19.7 Å². The predicted octanol–water partition coefficient (Wildman–Crippen LogP) is 4.05. The van der Waals surface area contributed by atoms with Crippen molar-refractivity contribution in [3.8, 4) is 0 Å². The molecule has 0 aromatic carbocycles. The van der Waals surface area contributed by atoms with E-state index in [9.17, 15) is 0 Å². The molecule has 0 amide bonds. The average molecular weight is 293 g/mol. The van der Waals surface area contributed by atoms with Crippen molar-refractivity contribution in [2.75, 3.05) is 6.54 Å². The second kappa shape index (κ2) is 26.5. The minimum atomic E-state index is 0.833. The van der Waals surface area contributed by atoms with Crippen molar-refractivity contribution in [2.24, 2.45) is 12.0 Å². The van der Waals surface area contributed by atoms with E-state index in [4.69, 9.17) is 0 Å². The Morgan fingerprint density at radius 1 is 1.00 bits per heavy atom. The Morgan fingerprint density at radius 3 is 1.57 bits per heavy atom. The fourth-order valence-corrected chi connectivity index (χ4v) is 0.599. The first kappa shape index (κ1) is 24.0. The fourth-order valence-electron chi connectivity index (χ4n) is 0.599. The van der Waals surface area contributed by atoms with Gasteiger partial charge >= 0.3 is 0 Å². The lowest BCUT2D eigenvalue weighted by molar-refractivity contribution is 0.768. The van der Waals surface area contributed by atoms with E-state index in [0.717, 1.165) is 6.54 Å². The van der Waals surface area contributed by atoms with Crippen LogP contribution in [0, 0.1) is 0 Å². The Kier molecular flexibility index (Phi) is 30.3. The van der Waals surface area contributed by atoms with E-state index in [0.29, 0.717) is 0 Å². The van der Waals surface area contributed by atoms with Crippen LogP contribution in [0.5, 0.6) is 0 Å². The summed E-state index contributed by atoms with van der Waals surface area (Å²) in [6.07, 6.45) is 9.76. The standard InChI is InChI=1S/C4H6N2.C4H4N2.C3H7N.C3H8.C2H6/c1-6-4-2-3-5-6;1-2-5-4-6-3-1;1-3-4-2;1-3-2;1-2/h2-4H,1H3;1-4H;2-3H2,1H3;3H2,1-2H3;1-2H3. The zero-order chi connectivity index (χ0) is 16.8. The number of hydrogen-bond donors (Lipinski definition) is 0. The molecule has 0 bridgehead atoms. The van der Waals surface area contributed by atoms with Gasteiger partial charge in [0.05, 0.1) is 0 Å². The Morgan fingerprint density at radius 2 is 1.48 bits per heavy atom. The van der Waals surface area contributed by atoms with Gasteiger partial charge in [-0.15, -0.1) is 0 Å². The maximum Gasteiger partial charge on any atom is 0.115 e. The highest BCUT2D eigenvalue weighted by molar-refractivity contribution is 5.22. The van der Waals surface area contributed by atoms with Crippen LogP contribution in [0.1, 0.15) is 41.0 Å². The molecule has 0 aliphatic carbocycles. The molecule has 0 unspecified atom stereocenters. The first-order valence-corrected chi connectivity index (χ1v) is 7.28. The van der Waals surface area contributed by atoms with Crippen molar-refractivity contribution in [2.45, 2.75) is 41.0 Å². The van der Waals surface area contributed by atoms with Gasteiger partial charge in [0, 0.05) is 38.4 Å². The van der Waals surface area contributed by atoms with Crippen molar-refractivity contribution >= 4 is 6.72 Å². The summed E-state index contributed by atoms with van der Waals surface area (Å²) < 4.78 is 1.75. The van der Waals surface area contributed by atoms with Crippen LogP contribution < -0.4 is 0 Å². The molecular formula is C16H31N5. The molecule has 2 heterocycles. The summed E-state index contributed by atoms with van der Waals surface area (Å²) in [5.41, 5.74) is 0. The van der Waals surface area contributed by atoms with Crippen LogP contribution in [-0.2, 0) is 7.05 Å². The highest BCUT2D eigenvalue weighted by Crippen LogP contribution is 1.73. The molecule has 0 aliphatic rings. The molecule has 0 aliphatic heterocycles. The minimum absolute atomic E-state index is 0.833. The summed E-state index contributed by atoms with van der Waals surface area (Å²) in [6.45, 7) is 14.3. The van der Waals surface area contributed by atoms with Crippen LogP contribution >= 0.6 is 0 Å². The Hall–Kier alpha value is -2.04. The number of aliphatic imine (C=N–C) groups is 1. The zero-order valence-corrected chi connectivity index (χ0v) is 14.4. The third-order valence-corrected chi connectivity index (χ3v) is 1.34. The molecule has 0 saturated carbocycles. The third-order valence-electron chi connectivity index (χ3n) is 1.34. The number of aromatic nitrogens is 4. The van der Waals surface area contributed by atoms with Gasteiger partial charge in [-0.1, -0.05) is 34.1 Å². The van der Waals surface area contributed by atoms with Gasteiger partial charge in [-0.3, -0.25) is 4.68 Å². The van der Waals surface area contributed by atoms with Gasteiger partial charge in [0.1, 0.15) is 6.33 Å². The quantitative estimate of drug-likeness (QED) is 0.745. The Labute approximate surface area is 130 Å². The van der Waals surface area contributed by atoms with Gasteiger partial charge in [-0.25, -0.2) is 9.97 Å². The molecule has 21 heavy (non-hydrogen) atoms. The first-order valence-electron chi connectivity index (χ1n) is 7.28. The van der Waals surface area contributed by atoms with Gasteiger partial charge in [-0.05, 0) is 25.8 Å². The third kappa shape index (κ3) is 32.0. The van der Waals surface area contributed by atoms with Crippen molar-refractivity contribution < 1.29 is 0 Å². The summed E-state index contributed by atoms with van der Waals surface area (Å²) >= 11 is 0. The van der Waals surface area contributed by atoms with Crippen LogP contribution in [0.3, 0.4) is 0 Å². The lowest BCUT2D eigenvalue weighted by Crippen LogP contribution is -1.83. The average Bonchev–Trinajstić information content (AvgIpc) is 3.04. The van der Waals surface area contributed by atoms with E-state index >= 15 is 0 Å². The molecule has 5 nitrogen and oxygen atoms in total. The van der Waals surface area contributed by atoms with E-state index in [1.165, 1.54) is 12.7 Å². The van der Waals surface area contributed by atoms with Crippen LogP contribution in [-0.4, -0.2) is 33.0 Å².